The number of furan rings is 1. The Hall–Kier alpha value is -0.760. The first-order valence-corrected chi connectivity index (χ1v) is 6.57. The van der Waals surface area contributed by atoms with E-state index in [9.17, 15) is 0 Å². The zero-order valence-corrected chi connectivity index (χ0v) is 10.4. The van der Waals surface area contributed by atoms with Crippen molar-refractivity contribution in [2.24, 2.45) is 5.92 Å². The first kappa shape index (κ1) is 11.7. The Kier molecular flexibility index (Phi) is 4.05. The van der Waals surface area contributed by atoms with Crippen molar-refractivity contribution in [1.82, 2.24) is 5.32 Å². The maximum absolute atomic E-state index is 5.44. The second kappa shape index (κ2) is 5.53. The van der Waals surface area contributed by atoms with Crippen LogP contribution in [0.1, 0.15) is 57.8 Å². The third-order valence-electron chi connectivity index (χ3n) is 3.80. The van der Waals surface area contributed by atoms with Gasteiger partial charge in [-0.2, -0.15) is 0 Å². The Balaban J connectivity index is 1.92. The fraction of sp³-hybridized carbons (Fsp3) is 0.714. The molecule has 0 bridgehead atoms. The molecule has 0 saturated heterocycles. The molecule has 0 spiro atoms. The van der Waals surface area contributed by atoms with Gasteiger partial charge in [0.1, 0.15) is 5.76 Å². The molecule has 3 atom stereocenters. The molecule has 1 saturated carbocycles. The first-order valence-electron chi connectivity index (χ1n) is 6.57. The smallest absolute Gasteiger partial charge is 0.120 e. The van der Waals surface area contributed by atoms with Gasteiger partial charge in [0.25, 0.3) is 0 Å². The molecule has 2 nitrogen and oxygen atoms in total. The van der Waals surface area contributed by atoms with Gasteiger partial charge in [-0.15, -0.1) is 0 Å². The first-order chi connectivity index (χ1) is 7.77. The maximum atomic E-state index is 5.44. The average molecular weight is 221 g/mol. The highest BCUT2D eigenvalue weighted by Gasteiger charge is 2.22. The Labute approximate surface area is 98.4 Å². The summed E-state index contributed by atoms with van der Waals surface area (Å²) in [6, 6.07) is 5.01. The maximum Gasteiger partial charge on any atom is 0.120 e. The summed E-state index contributed by atoms with van der Waals surface area (Å²) in [4.78, 5) is 0. The molecule has 1 aromatic rings. The average Bonchev–Trinajstić information content (AvgIpc) is 2.73. The van der Waals surface area contributed by atoms with Gasteiger partial charge >= 0.3 is 0 Å². The predicted octanol–water partition coefficient (Wildman–Crippen LogP) is 3.90. The van der Waals surface area contributed by atoms with E-state index in [1.807, 2.05) is 6.07 Å². The van der Waals surface area contributed by atoms with Crippen molar-refractivity contribution in [2.75, 3.05) is 0 Å². The second-order valence-electron chi connectivity index (χ2n) is 5.13. The Morgan fingerprint density at radius 1 is 1.31 bits per heavy atom. The van der Waals surface area contributed by atoms with Crippen molar-refractivity contribution in [3.05, 3.63) is 24.2 Å². The van der Waals surface area contributed by atoms with Crippen molar-refractivity contribution in [2.45, 2.75) is 58.0 Å². The number of nitrogens with one attached hydrogen (secondary N) is 1. The van der Waals surface area contributed by atoms with Crippen LogP contribution in [0.3, 0.4) is 0 Å². The highest BCUT2D eigenvalue weighted by molar-refractivity contribution is 5.03. The SMILES string of the molecule is CC(NC1CCCCCC1C)c1ccco1. The van der Waals surface area contributed by atoms with Crippen LogP contribution in [0, 0.1) is 5.92 Å². The van der Waals surface area contributed by atoms with E-state index < -0.39 is 0 Å². The fourth-order valence-electron chi connectivity index (χ4n) is 2.68. The largest absolute Gasteiger partial charge is 0.468 e. The quantitative estimate of drug-likeness (QED) is 0.783. The van der Waals surface area contributed by atoms with Gasteiger partial charge in [-0.3, -0.25) is 0 Å². The Morgan fingerprint density at radius 3 is 2.88 bits per heavy atom. The van der Waals surface area contributed by atoms with Gasteiger partial charge in [0.05, 0.1) is 12.3 Å². The highest BCUT2D eigenvalue weighted by Crippen LogP contribution is 2.25. The van der Waals surface area contributed by atoms with E-state index in [0.717, 1.165) is 11.7 Å². The van der Waals surface area contributed by atoms with E-state index in [4.69, 9.17) is 4.42 Å². The molecule has 90 valence electrons. The van der Waals surface area contributed by atoms with Gasteiger partial charge in [-0.05, 0) is 37.8 Å². The van der Waals surface area contributed by atoms with Crippen molar-refractivity contribution < 1.29 is 4.42 Å². The Bertz CT molecular complexity index is 294. The topological polar surface area (TPSA) is 25.2 Å². The lowest BCUT2D eigenvalue weighted by molar-refractivity contribution is 0.309. The second-order valence-corrected chi connectivity index (χ2v) is 5.13. The zero-order chi connectivity index (χ0) is 11.4. The predicted molar refractivity (Wildman–Crippen MR) is 66.3 cm³/mol. The van der Waals surface area contributed by atoms with Crippen LogP contribution in [-0.2, 0) is 0 Å². The van der Waals surface area contributed by atoms with Crippen molar-refractivity contribution in [3.63, 3.8) is 0 Å². The van der Waals surface area contributed by atoms with Crippen molar-refractivity contribution in [1.29, 1.82) is 0 Å². The van der Waals surface area contributed by atoms with Crippen LogP contribution in [-0.4, -0.2) is 6.04 Å². The molecular formula is C14H23NO. The Morgan fingerprint density at radius 2 is 2.12 bits per heavy atom. The summed E-state index contributed by atoms with van der Waals surface area (Å²) >= 11 is 0. The molecule has 1 N–H and O–H groups in total. The third-order valence-corrected chi connectivity index (χ3v) is 3.80. The van der Waals surface area contributed by atoms with Gasteiger partial charge in [-0.1, -0.05) is 26.2 Å². The van der Waals surface area contributed by atoms with Gasteiger partial charge in [0.15, 0.2) is 0 Å². The lowest BCUT2D eigenvalue weighted by Crippen LogP contribution is -2.36. The van der Waals surface area contributed by atoms with E-state index in [2.05, 4.69) is 25.2 Å². The van der Waals surface area contributed by atoms with Crippen LogP contribution in [0.25, 0.3) is 0 Å². The number of hydrogen-bond donors (Lipinski definition) is 1. The molecule has 1 fully saturated rings. The van der Waals surface area contributed by atoms with Crippen LogP contribution in [0.4, 0.5) is 0 Å². The van der Waals surface area contributed by atoms with E-state index in [-0.39, 0.29) is 0 Å². The molecule has 0 aliphatic heterocycles. The molecule has 1 aromatic heterocycles. The van der Waals surface area contributed by atoms with Gasteiger partial charge < -0.3 is 9.73 Å². The molecule has 1 aliphatic carbocycles. The van der Waals surface area contributed by atoms with Crippen LogP contribution in [0.2, 0.25) is 0 Å². The van der Waals surface area contributed by atoms with E-state index in [1.165, 1.54) is 32.1 Å². The summed E-state index contributed by atoms with van der Waals surface area (Å²) in [7, 11) is 0. The monoisotopic (exact) mass is 221 g/mol. The molecular weight excluding hydrogens is 198 g/mol. The summed E-state index contributed by atoms with van der Waals surface area (Å²) in [6.45, 7) is 4.56. The van der Waals surface area contributed by atoms with Crippen LogP contribution in [0.15, 0.2) is 22.8 Å². The minimum Gasteiger partial charge on any atom is -0.468 e. The fourth-order valence-corrected chi connectivity index (χ4v) is 2.68. The van der Waals surface area contributed by atoms with Crippen LogP contribution in [0.5, 0.6) is 0 Å². The standard InChI is InChI=1S/C14H23NO/c1-11-7-4-3-5-8-13(11)15-12(2)14-9-6-10-16-14/h6,9-13,15H,3-5,7-8H2,1-2H3. The van der Waals surface area contributed by atoms with Crippen molar-refractivity contribution in [3.8, 4) is 0 Å². The summed E-state index contributed by atoms with van der Waals surface area (Å²) < 4.78 is 5.44. The molecule has 16 heavy (non-hydrogen) atoms. The normalized spacial score (nSPS) is 28.6. The summed E-state index contributed by atoms with van der Waals surface area (Å²) in [5, 5.41) is 3.72. The van der Waals surface area contributed by atoms with Gasteiger partial charge in [-0.25, -0.2) is 0 Å². The molecule has 1 heterocycles. The van der Waals surface area contributed by atoms with E-state index >= 15 is 0 Å². The summed E-state index contributed by atoms with van der Waals surface area (Å²) in [6.07, 6.45) is 8.60. The van der Waals surface area contributed by atoms with Crippen molar-refractivity contribution >= 4 is 0 Å². The molecule has 2 heteroatoms. The molecule has 3 unspecified atom stereocenters. The van der Waals surface area contributed by atoms with Crippen LogP contribution < -0.4 is 5.32 Å². The lowest BCUT2D eigenvalue weighted by Gasteiger charge is -2.26. The summed E-state index contributed by atoms with van der Waals surface area (Å²) in [5.74, 6) is 1.84. The zero-order valence-electron chi connectivity index (χ0n) is 10.4. The number of hydrogen-bond acceptors (Lipinski definition) is 2. The third kappa shape index (κ3) is 2.88. The minimum atomic E-state index is 0.334. The van der Waals surface area contributed by atoms with Gasteiger partial charge in [0, 0.05) is 6.04 Å². The molecule has 2 rings (SSSR count). The molecule has 0 radical (unpaired) electrons. The molecule has 0 amide bonds. The number of rotatable bonds is 3. The lowest BCUT2D eigenvalue weighted by atomic mass is 9.96. The summed E-state index contributed by atoms with van der Waals surface area (Å²) in [5.41, 5.74) is 0. The molecule has 0 aromatic carbocycles. The van der Waals surface area contributed by atoms with E-state index in [1.54, 1.807) is 6.26 Å². The van der Waals surface area contributed by atoms with Crippen LogP contribution >= 0.6 is 0 Å². The minimum absolute atomic E-state index is 0.334. The van der Waals surface area contributed by atoms with E-state index in [0.29, 0.717) is 12.1 Å². The van der Waals surface area contributed by atoms with Gasteiger partial charge in [0.2, 0.25) is 0 Å². The highest BCUT2D eigenvalue weighted by atomic mass is 16.3. The molecule has 1 aliphatic rings.